The van der Waals surface area contributed by atoms with E-state index in [0.29, 0.717) is 23.0 Å². The fraction of sp³-hybridized carbons (Fsp3) is 0.429. The lowest BCUT2D eigenvalue weighted by molar-refractivity contribution is -0.139. The third kappa shape index (κ3) is 5.43. The third-order valence-corrected chi connectivity index (χ3v) is 7.67. The fourth-order valence-corrected chi connectivity index (χ4v) is 4.15. The van der Waals surface area contributed by atoms with Crippen LogP contribution in [-0.2, 0) is 9.53 Å². The van der Waals surface area contributed by atoms with Crippen LogP contribution in [0.15, 0.2) is 24.7 Å². The molecule has 3 rings (SSSR count). The molecule has 0 saturated carbocycles. The molecule has 0 amide bonds. The molecule has 0 aliphatic carbocycles. The van der Waals surface area contributed by atoms with Crippen LogP contribution in [0.2, 0.25) is 0 Å². The zero-order valence-electron chi connectivity index (χ0n) is 17.9. The minimum absolute atomic E-state index is 0.0116. The average Bonchev–Trinajstić information content (AvgIpc) is 3.15. The smallest absolute Gasteiger partial charge is 0.320 e. The van der Waals surface area contributed by atoms with Crippen LogP contribution in [0.3, 0.4) is 0 Å². The second-order valence-corrected chi connectivity index (χ2v) is 10.5. The number of fused-ring (bicyclic) bond motifs is 1. The van der Waals surface area contributed by atoms with Crippen molar-refractivity contribution in [3.8, 4) is 11.4 Å². The van der Waals surface area contributed by atoms with Crippen molar-refractivity contribution in [1.82, 2.24) is 19.9 Å². The molecule has 3 unspecified atom stereocenters. The van der Waals surface area contributed by atoms with Crippen molar-refractivity contribution in [3.63, 3.8) is 0 Å². The molecule has 0 aromatic carbocycles. The second-order valence-electron chi connectivity index (χ2n) is 8.38. The molecule has 0 bridgehead atoms. The summed E-state index contributed by atoms with van der Waals surface area (Å²) in [6, 6.07) is 1.06. The van der Waals surface area contributed by atoms with E-state index in [2.05, 4.69) is 57.1 Å². The van der Waals surface area contributed by atoms with Gasteiger partial charge in [-0.15, -0.1) is 0 Å². The van der Waals surface area contributed by atoms with Crippen molar-refractivity contribution in [1.29, 1.82) is 0 Å². The SMILES string of the molecule is COC(=O)C(Br)C(Br)CC(Nc1nc(-c2c[nH]c3ncc(F)cc23)ncc1F)C(C)(C)C. The first-order valence-electron chi connectivity index (χ1n) is 9.79. The highest BCUT2D eigenvalue weighted by molar-refractivity contribution is 9.12. The summed E-state index contributed by atoms with van der Waals surface area (Å²) in [6.07, 6.45) is 4.26. The molecule has 3 atom stereocenters. The maximum Gasteiger partial charge on any atom is 0.320 e. The van der Waals surface area contributed by atoms with Crippen molar-refractivity contribution >= 4 is 54.7 Å². The van der Waals surface area contributed by atoms with Gasteiger partial charge in [0, 0.05) is 28.0 Å². The van der Waals surface area contributed by atoms with Crippen LogP contribution in [0.4, 0.5) is 14.6 Å². The fourth-order valence-electron chi connectivity index (χ4n) is 3.16. The molecule has 2 N–H and O–H groups in total. The van der Waals surface area contributed by atoms with Gasteiger partial charge < -0.3 is 15.0 Å². The average molecular weight is 575 g/mol. The first kappa shape index (κ1) is 24.5. The zero-order chi connectivity index (χ0) is 23.6. The van der Waals surface area contributed by atoms with Crippen LogP contribution in [0.1, 0.15) is 27.2 Å². The molecule has 3 heterocycles. The Morgan fingerprint density at radius 3 is 2.62 bits per heavy atom. The van der Waals surface area contributed by atoms with Crippen molar-refractivity contribution in [2.75, 3.05) is 12.4 Å². The summed E-state index contributed by atoms with van der Waals surface area (Å²) in [4.78, 5) is 26.4. The van der Waals surface area contributed by atoms with E-state index in [4.69, 9.17) is 4.74 Å². The highest BCUT2D eigenvalue weighted by atomic mass is 79.9. The molecule has 0 aliphatic rings. The Kier molecular flexibility index (Phi) is 7.49. The Morgan fingerprint density at radius 1 is 1.25 bits per heavy atom. The van der Waals surface area contributed by atoms with Gasteiger partial charge in [-0.2, -0.15) is 0 Å². The molecule has 0 aliphatic heterocycles. The van der Waals surface area contributed by atoms with Gasteiger partial charge in [0.2, 0.25) is 0 Å². The van der Waals surface area contributed by atoms with E-state index in [1.54, 1.807) is 6.20 Å². The Labute approximate surface area is 201 Å². The summed E-state index contributed by atoms with van der Waals surface area (Å²) in [6.45, 7) is 6.00. The number of alkyl halides is 2. The summed E-state index contributed by atoms with van der Waals surface area (Å²) >= 11 is 6.87. The molecule has 3 aromatic rings. The number of anilines is 1. The summed E-state index contributed by atoms with van der Waals surface area (Å²) in [5.74, 6) is -1.29. The van der Waals surface area contributed by atoms with Crippen molar-refractivity contribution < 1.29 is 18.3 Å². The summed E-state index contributed by atoms with van der Waals surface area (Å²) in [5, 5.41) is 3.66. The Balaban J connectivity index is 1.92. The summed E-state index contributed by atoms with van der Waals surface area (Å²) < 4.78 is 33.1. The number of esters is 1. The van der Waals surface area contributed by atoms with Gasteiger partial charge in [0.25, 0.3) is 0 Å². The quantitative estimate of drug-likeness (QED) is 0.297. The van der Waals surface area contributed by atoms with Gasteiger partial charge in [0.15, 0.2) is 17.5 Å². The number of H-pyrrole nitrogens is 1. The highest BCUT2D eigenvalue weighted by Crippen LogP contribution is 2.32. The normalized spacial score (nSPS) is 14.8. The van der Waals surface area contributed by atoms with Gasteiger partial charge >= 0.3 is 5.97 Å². The van der Waals surface area contributed by atoms with Crippen LogP contribution < -0.4 is 5.32 Å². The van der Waals surface area contributed by atoms with E-state index in [9.17, 15) is 13.6 Å². The lowest BCUT2D eigenvalue weighted by Crippen LogP contribution is -2.39. The Morgan fingerprint density at radius 2 is 1.97 bits per heavy atom. The molecule has 11 heteroatoms. The second kappa shape index (κ2) is 9.78. The molecular weight excluding hydrogens is 552 g/mol. The molecular formula is C21H23Br2F2N5O2. The van der Waals surface area contributed by atoms with Crippen LogP contribution in [0.5, 0.6) is 0 Å². The van der Waals surface area contributed by atoms with E-state index >= 15 is 0 Å². The number of ether oxygens (including phenoxy) is 1. The molecule has 0 radical (unpaired) electrons. The molecule has 172 valence electrons. The number of hydrogen-bond donors (Lipinski definition) is 2. The minimum Gasteiger partial charge on any atom is -0.468 e. The van der Waals surface area contributed by atoms with Gasteiger partial charge in [-0.25, -0.2) is 23.7 Å². The number of pyridine rings is 1. The maximum atomic E-state index is 14.7. The van der Waals surface area contributed by atoms with Crippen molar-refractivity contribution in [3.05, 3.63) is 36.3 Å². The monoisotopic (exact) mass is 573 g/mol. The van der Waals surface area contributed by atoms with Crippen molar-refractivity contribution in [2.45, 2.75) is 42.9 Å². The van der Waals surface area contributed by atoms with Gasteiger partial charge in [0.1, 0.15) is 16.3 Å². The number of nitrogens with one attached hydrogen (secondary N) is 2. The third-order valence-electron chi connectivity index (χ3n) is 5.04. The molecule has 3 aromatic heterocycles. The maximum absolute atomic E-state index is 14.7. The Bertz CT molecular complexity index is 1120. The number of hydrogen-bond acceptors (Lipinski definition) is 6. The number of carbonyl (C=O) groups is 1. The Hall–Kier alpha value is -2.14. The van der Waals surface area contributed by atoms with E-state index in [0.717, 1.165) is 12.4 Å². The van der Waals surface area contributed by atoms with E-state index < -0.39 is 22.4 Å². The molecule has 32 heavy (non-hydrogen) atoms. The van der Waals surface area contributed by atoms with Crippen LogP contribution in [-0.4, -0.2) is 48.7 Å². The zero-order valence-corrected chi connectivity index (χ0v) is 21.1. The first-order valence-corrected chi connectivity index (χ1v) is 11.6. The standard InChI is InChI=1S/C21H23Br2F2N5O2/c1-21(2,3)15(6-13(22)16(23)20(31)32-4)29-19-14(25)9-28-18(30-19)12-8-27-17-11(12)5-10(24)7-26-17/h5,7-9,13,15-16H,6H2,1-4H3,(H,26,27)(H,28,29,30). The predicted octanol–water partition coefficient (Wildman–Crippen LogP) is 5.21. The molecule has 0 fully saturated rings. The summed E-state index contributed by atoms with van der Waals surface area (Å²) in [5.41, 5.74) is 0.678. The van der Waals surface area contributed by atoms with E-state index in [1.807, 2.05) is 20.8 Å². The topological polar surface area (TPSA) is 92.8 Å². The lowest BCUT2D eigenvalue weighted by Gasteiger charge is -2.34. The number of rotatable bonds is 7. The summed E-state index contributed by atoms with van der Waals surface area (Å²) in [7, 11) is 1.32. The lowest BCUT2D eigenvalue weighted by atomic mass is 9.83. The highest BCUT2D eigenvalue weighted by Gasteiger charge is 2.33. The number of aromatic nitrogens is 4. The number of carbonyl (C=O) groups excluding carboxylic acids is 1. The van der Waals surface area contributed by atoms with E-state index in [1.165, 1.54) is 13.2 Å². The molecule has 7 nitrogen and oxygen atoms in total. The van der Waals surface area contributed by atoms with Crippen LogP contribution in [0.25, 0.3) is 22.4 Å². The number of halogens is 4. The van der Waals surface area contributed by atoms with Crippen LogP contribution in [0, 0.1) is 17.0 Å². The van der Waals surface area contributed by atoms with Gasteiger partial charge in [-0.1, -0.05) is 52.6 Å². The molecule has 0 saturated heterocycles. The largest absolute Gasteiger partial charge is 0.468 e. The number of aromatic amines is 1. The van der Waals surface area contributed by atoms with Crippen LogP contribution >= 0.6 is 31.9 Å². The first-order chi connectivity index (χ1) is 15.0. The predicted molar refractivity (Wildman–Crippen MR) is 126 cm³/mol. The number of nitrogens with zero attached hydrogens (tertiary/aromatic N) is 3. The van der Waals surface area contributed by atoms with Gasteiger partial charge in [0.05, 0.1) is 19.5 Å². The molecule has 0 spiro atoms. The minimum atomic E-state index is -0.623. The van der Waals surface area contributed by atoms with Gasteiger partial charge in [-0.3, -0.25) is 4.79 Å². The van der Waals surface area contributed by atoms with Crippen molar-refractivity contribution in [2.24, 2.45) is 5.41 Å². The number of methoxy groups -OCH3 is 1. The van der Waals surface area contributed by atoms with Gasteiger partial charge in [-0.05, 0) is 17.9 Å². The van der Waals surface area contributed by atoms with E-state index in [-0.39, 0.29) is 27.9 Å².